The molecule has 18 heavy (non-hydrogen) atoms. The third kappa shape index (κ3) is 11.3. The van der Waals surface area contributed by atoms with Crippen molar-refractivity contribution < 1.29 is 0 Å². The molecule has 0 saturated heterocycles. The zero-order valence-corrected chi connectivity index (χ0v) is 13.0. The van der Waals surface area contributed by atoms with Gasteiger partial charge in [0.1, 0.15) is 0 Å². The Labute approximate surface area is 114 Å². The van der Waals surface area contributed by atoms with Gasteiger partial charge in [-0.1, -0.05) is 54.4 Å². The van der Waals surface area contributed by atoms with Crippen LogP contribution in [0.25, 0.3) is 0 Å². The molecule has 0 aliphatic carbocycles. The molecule has 104 valence electrons. The van der Waals surface area contributed by atoms with Crippen LogP contribution in [-0.2, 0) is 0 Å². The van der Waals surface area contributed by atoms with E-state index in [9.17, 15) is 0 Å². The third-order valence-corrected chi connectivity index (χ3v) is 2.44. The molecule has 1 N–H and O–H groups in total. The minimum absolute atomic E-state index is 0.333. The SMILES string of the molecule is CC.CC1CNC=CC=C1C#N.CCCC(C)C. The van der Waals surface area contributed by atoms with Crippen molar-refractivity contribution >= 4 is 0 Å². The molecule has 1 rings (SSSR count). The fraction of sp³-hybridized carbons (Fsp3) is 0.688. The van der Waals surface area contributed by atoms with Gasteiger partial charge in [0.2, 0.25) is 0 Å². The highest BCUT2D eigenvalue weighted by Gasteiger charge is 2.07. The fourth-order valence-electron chi connectivity index (χ4n) is 1.46. The van der Waals surface area contributed by atoms with Crippen LogP contribution in [0.1, 0.15) is 54.4 Å². The predicted molar refractivity (Wildman–Crippen MR) is 81.1 cm³/mol. The van der Waals surface area contributed by atoms with Crippen molar-refractivity contribution in [3.05, 3.63) is 23.9 Å². The van der Waals surface area contributed by atoms with Crippen LogP contribution in [0.5, 0.6) is 0 Å². The zero-order chi connectivity index (χ0) is 14.4. The summed E-state index contributed by atoms with van der Waals surface area (Å²) in [6.07, 6.45) is 8.28. The van der Waals surface area contributed by atoms with Crippen LogP contribution in [0.2, 0.25) is 0 Å². The maximum atomic E-state index is 8.61. The predicted octanol–water partition coefficient (Wildman–Crippen LogP) is 4.66. The molecule has 2 heteroatoms. The molecule has 1 atom stereocenters. The van der Waals surface area contributed by atoms with E-state index in [1.807, 2.05) is 39.1 Å². The van der Waals surface area contributed by atoms with E-state index in [1.54, 1.807) is 0 Å². The Balaban J connectivity index is 0. The van der Waals surface area contributed by atoms with Crippen molar-refractivity contribution in [2.45, 2.75) is 54.4 Å². The molecule has 0 aromatic rings. The Hall–Kier alpha value is -1.23. The maximum Gasteiger partial charge on any atom is 0.0950 e. The van der Waals surface area contributed by atoms with E-state index in [1.165, 1.54) is 12.8 Å². The lowest BCUT2D eigenvalue weighted by atomic mass is 10.0. The molecule has 0 spiro atoms. The van der Waals surface area contributed by atoms with E-state index in [-0.39, 0.29) is 0 Å². The van der Waals surface area contributed by atoms with Crippen molar-refractivity contribution in [2.75, 3.05) is 6.54 Å². The molecular weight excluding hydrogens is 220 g/mol. The molecule has 1 aliphatic rings. The first-order valence-corrected chi connectivity index (χ1v) is 7.12. The summed E-state index contributed by atoms with van der Waals surface area (Å²) in [7, 11) is 0. The summed E-state index contributed by atoms with van der Waals surface area (Å²) in [6.45, 7) is 13.6. The monoisotopic (exact) mass is 250 g/mol. The maximum absolute atomic E-state index is 8.61. The van der Waals surface area contributed by atoms with Gasteiger partial charge in [0.15, 0.2) is 0 Å². The van der Waals surface area contributed by atoms with Gasteiger partial charge in [-0.05, 0) is 24.3 Å². The van der Waals surface area contributed by atoms with Crippen LogP contribution >= 0.6 is 0 Å². The van der Waals surface area contributed by atoms with Gasteiger partial charge < -0.3 is 5.32 Å². The Morgan fingerprint density at radius 3 is 2.44 bits per heavy atom. The van der Waals surface area contributed by atoms with Gasteiger partial charge in [-0.2, -0.15) is 5.26 Å². The largest absolute Gasteiger partial charge is 0.390 e. The highest BCUT2D eigenvalue weighted by atomic mass is 14.8. The molecule has 1 heterocycles. The molecule has 1 unspecified atom stereocenters. The van der Waals surface area contributed by atoms with E-state index in [0.29, 0.717) is 5.92 Å². The van der Waals surface area contributed by atoms with Gasteiger partial charge in [0.05, 0.1) is 6.07 Å². The first kappa shape index (κ1) is 19.1. The first-order chi connectivity index (χ1) is 8.61. The van der Waals surface area contributed by atoms with Crippen LogP contribution < -0.4 is 5.32 Å². The van der Waals surface area contributed by atoms with Crippen molar-refractivity contribution in [1.29, 1.82) is 5.26 Å². The van der Waals surface area contributed by atoms with Gasteiger partial charge in [0, 0.05) is 18.0 Å². The Kier molecular flexibility index (Phi) is 14.7. The summed E-state index contributed by atoms with van der Waals surface area (Å²) in [5.41, 5.74) is 0.848. The second-order valence-electron chi connectivity index (χ2n) is 4.58. The summed E-state index contributed by atoms with van der Waals surface area (Å²) in [6, 6.07) is 2.16. The summed E-state index contributed by atoms with van der Waals surface area (Å²) in [4.78, 5) is 0. The molecule has 0 bridgehead atoms. The van der Waals surface area contributed by atoms with Crippen LogP contribution in [-0.4, -0.2) is 6.54 Å². The quantitative estimate of drug-likeness (QED) is 0.773. The van der Waals surface area contributed by atoms with Gasteiger partial charge >= 0.3 is 0 Å². The second-order valence-corrected chi connectivity index (χ2v) is 4.58. The smallest absolute Gasteiger partial charge is 0.0950 e. The van der Waals surface area contributed by atoms with Gasteiger partial charge in [-0.25, -0.2) is 0 Å². The van der Waals surface area contributed by atoms with E-state index >= 15 is 0 Å². The lowest BCUT2D eigenvalue weighted by Crippen LogP contribution is -2.14. The molecule has 0 saturated carbocycles. The van der Waals surface area contributed by atoms with Crippen LogP contribution in [0.3, 0.4) is 0 Å². The summed E-state index contributed by atoms with van der Waals surface area (Å²) >= 11 is 0. The Morgan fingerprint density at radius 1 is 1.44 bits per heavy atom. The number of allylic oxidation sites excluding steroid dienone is 2. The van der Waals surface area contributed by atoms with Crippen molar-refractivity contribution in [2.24, 2.45) is 11.8 Å². The second kappa shape index (κ2) is 13.8. The molecular formula is C16H30N2. The number of rotatable bonds is 2. The molecule has 0 amide bonds. The van der Waals surface area contributed by atoms with Crippen molar-refractivity contribution in [3.63, 3.8) is 0 Å². The molecule has 2 nitrogen and oxygen atoms in total. The minimum atomic E-state index is 0.333. The summed E-state index contributed by atoms with van der Waals surface area (Å²) < 4.78 is 0. The van der Waals surface area contributed by atoms with Crippen LogP contribution in [0.15, 0.2) is 23.9 Å². The molecule has 0 fully saturated rings. The number of nitrogens with zero attached hydrogens (tertiary/aromatic N) is 1. The molecule has 0 radical (unpaired) electrons. The van der Waals surface area contributed by atoms with Crippen LogP contribution in [0, 0.1) is 23.2 Å². The van der Waals surface area contributed by atoms with E-state index < -0.39 is 0 Å². The molecule has 0 aromatic heterocycles. The lowest BCUT2D eigenvalue weighted by Gasteiger charge is -2.05. The highest BCUT2D eigenvalue weighted by molar-refractivity contribution is 5.29. The fourth-order valence-corrected chi connectivity index (χ4v) is 1.46. The topological polar surface area (TPSA) is 35.8 Å². The van der Waals surface area contributed by atoms with E-state index in [0.717, 1.165) is 18.0 Å². The Morgan fingerprint density at radius 2 is 2.06 bits per heavy atom. The lowest BCUT2D eigenvalue weighted by molar-refractivity contribution is 0.576. The first-order valence-electron chi connectivity index (χ1n) is 7.12. The molecule has 1 aliphatic heterocycles. The number of nitrogens with one attached hydrogen (secondary N) is 1. The van der Waals surface area contributed by atoms with E-state index in [2.05, 4.69) is 32.2 Å². The van der Waals surface area contributed by atoms with Gasteiger partial charge in [0.25, 0.3) is 0 Å². The van der Waals surface area contributed by atoms with Gasteiger partial charge in [-0.15, -0.1) is 0 Å². The number of hydrogen-bond acceptors (Lipinski definition) is 2. The average molecular weight is 250 g/mol. The minimum Gasteiger partial charge on any atom is -0.390 e. The standard InChI is InChI=1S/C8H10N2.C6H14.C2H6/c1-7-6-10-4-2-3-8(7)5-9;1-4-5-6(2)3;1-2/h2-4,7,10H,6H2,1H3;6H,4-5H2,1-3H3;1-2H3. The average Bonchev–Trinajstić information content (AvgIpc) is 2.56. The Bertz CT molecular complexity index is 269. The third-order valence-electron chi connectivity index (χ3n) is 2.44. The van der Waals surface area contributed by atoms with Crippen molar-refractivity contribution in [1.82, 2.24) is 5.32 Å². The highest BCUT2D eigenvalue weighted by Crippen LogP contribution is 2.09. The molecule has 0 aromatic carbocycles. The van der Waals surface area contributed by atoms with Crippen LogP contribution in [0.4, 0.5) is 0 Å². The number of nitriles is 1. The normalized spacial score (nSPS) is 17.0. The van der Waals surface area contributed by atoms with Gasteiger partial charge in [-0.3, -0.25) is 0 Å². The summed E-state index contributed by atoms with van der Waals surface area (Å²) in [5, 5.41) is 11.7. The summed E-state index contributed by atoms with van der Waals surface area (Å²) in [5.74, 6) is 1.23. The zero-order valence-electron chi connectivity index (χ0n) is 13.0. The number of hydrogen-bond donors (Lipinski definition) is 1. The van der Waals surface area contributed by atoms with E-state index in [4.69, 9.17) is 5.26 Å². The van der Waals surface area contributed by atoms with Crippen molar-refractivity contribution in [3.8, 4) is 6.07 Å².